The number of imidazole rings is 1. The van der Waals surface area contributed by atoms with E-state index in [0.717, 1.165) is 17.6 Å². The van der Waals surface area contributed by atoms with Gasteiger partial charge in [0.2, 0.25) is 5.95 Å². The number of anilines is 1. The monoisotopic (exact) mass is 408 g/mol. The van der Waals surface area contributed by atoms with Gasteiger partial charge >= 0.3 is 5.97 Å². The Morgan fingerprint density at radius 1 is 1.28 bits per heavy atom. The number of para-hydroxylation sites is 2. The lowest BCUT2D eigenvalue weighted by Gasteiger charge is -2.04. The molecule has 2 aromatic carbocycles. The minimum Gasteiger partial charge on any atom is -0.478 e. The molecule has 4 rings (SSSR count). The number of furan rings is 1. The van der Waals surface area contributed by atoms with Crippen molar-refractivity contribution < 1.29 is 14.3 Å². The van der Waals surface area contributed by atoms with E-state index >= 15 is 0 Å². The number of aryl methyl sites for hydroxylation is 1. The van der Waals surface area contributed by atoms with Crippen LogP contribution >= 0.6 is 11.6 Å². The van der Waals surface area contributed by atoms with E-state index in [0.29, 0.717) is 23.0 Å². The molecule has 0 amide bonds. The molecule has 0 fully saturated rings. The first-order chi connectivity index (χ1) is 14.1. The first-order valence-corrected chi connectivity index (χ1v) is 9.32. The number of rotatable bonds is 6. The Kier molecular flexibility index (Phi) is 5.05. The van der Waals surface area contributed by atoms with E-state index < -0.39 is 5.97 Å². The van der Waals surface area contributed by atoms with Gasteiger partial charge in [-0.15, -0.1) is 0 Å². The molecule has 2 aromatic heterocycles. The number of hydrogen-bond acceptors (Lipinski definition) is 5. The molecular formula is C21H17ClN4O3. The zero-order chi connectivity index (χ0) is 20.4. The van der Waals surface area contributed by atoms with E-state index in [9.17, 15) is 9.90 Å². The number of aromatic carboxylic acids is 1. The first-order valence-electron chi connectivity index (χ1n) is 8.94. The van der Waals surface area contributed by atoms with E-state index in [1.54, 1.807) is 18.2 Å². The van der Waals surface area contributed by atoms with E-state index in [4.69, 9.17) is 16.0 Å². The van der Waals surface area contributed by atoms with Crippen LogP contribution in [-0.4, -0.2) is 26.8 Å². The van der Waals surface area contributed by atoms with Crippen molar-refractivity contribution in [1.82, 2.24) is 9.55 Å². The minimum absolute atomic E-state index is 0.0240. The van der Waals surface area contributed by atoms with Gasteiger partial charge < -0.3 is 14.1 Å². The largest absolute Gasteiger partial charge is 0.478 e. The summed E-state index contributed by atoms with van der Waals surface area (Å²) in [7, 11) is 0. The van der Waals surface area contributed by atoms with Crippen LogP contribution in [0.4, 0.5) is 5.95 Å². The average Bonchev–Trinajstić information content (AvgIpc) is 3.32. The molecule has 0 saturated heterocycles. The summed E-state index contributed by atoms with van der Waals surface area (Å²) < 4.78 is 7.77. The Morgan fingerprint density at radius 3 is 2.90 bits per heavy atom. The number of nitrogens with one attached hydrogen (secondary N) is 1. The number of hydrogen-bond donors (Lipinski definition) is 2. The summed E-state index contributed by atoms with van der Waals surface area (Å²) in [5, 5.41) is 13.6. The summed E-state index contributed by atoms with van der Waals surface area (Å²) >= 11 is 5.92. The summed E-state index contributed by atoms with van der Waals surface area (Å²) in [6, 6.07) is 16.1. The van der Waals surface area contributed by atoms with Gasteiger partial charge in [0.1, 0.15) is 11.5 Å². The summed E-state index contributed by atoms with van der Waals surface area (Å²) in [6.45, 7) is 2.80. The maximum atomic E-state index is 11.3. The number of fused-ring (bicyclic) bond motifs is 1. The Bertz CT molecular complexity index is 1230. The van der Waals surface area contributed by atoms with Crippen LogP contribution in [0.3, 0.4) is 0 Å². The molecule has 0 unspecified atom stereocenters. The van der Waals surface area contributed by atoms with Crippen LogP contribution in [-0.2, 0) is 6.54 Å². The van der Waals surface area contributed by atoms with Gasteiger partial charge in [-0.2, -0.15) is 5.10 Å². The molecule has 146 valence electrons. The Balaban J connectivity index is 1.54. The summed E-state index contributed by atoms with van der Waals surface area (Å²) in [4.78, 5) is 15.8. The molecule has 4 aromatic rings. The average molecular weight is 409 g/mol. The molecule has 29 heavy (non-hydrogen) atoms. The first kappa shape index (κ1) is 18.8. The molecule has 0 radical (unpaired) electrons. The molecule has 0 bridgehead atoms. The number of carbonyl (C=O) groups is 1. The fraction of sp³-hybridized carbons (Fsp3) is 0.0952. The summed E-state index contributed by atoms with van der Waals surface area (Å²) in [5.74, 6) is 0.582. The molecule has 7 nitrogen and oxygen atoms in total. The van der Waals surface area contributed by atoms with Crippen molar-refractivity contribution in [3.05, 3.63) is 70.9 Å². The normalized spacial score (nSPS) is 11.4. The van der Waals surface area contributed by atoms with E-state index in [1.807, 2.05) is 35.8 Å². The van der Waals surface area contributed by atoms with Gasteiger partial charge in [0.05, 0.1) is 27.8 Å². The number of hydrazone groups is 1. The Labute approximate surface area is 171 Å². The second-order valence-corrected chi connectivity index (χ2v) is 6.65. The number of aromatic nitrogens is 2. The van der Waals surface area contributed by atoms with Crippen molar-refractivity contribution in [1.29, 1.82) is 0 Å². The highest BCUT2D eigenvalue weighted by Gasteiger charge is 2.12. The second kappa shape index (κ2) is 7.81. The van der Waals surface area contributed by atoms with Gasteiger partial charge in [-0.1, -0.05) is 23.7 Å². The number of benzene rings is 2. The minimum atomic E-state index is -1.09. The molecule has 0 saturated carbocycles. The number of carboxylic acids is 1. The van der Waals surface area contributed by atoms with Crippen molar-refractivity contribution in [3.63, 3.8) is 0 Å². The van der Waals surface area contributed by atoms with Crippen molar-refractivity contribution in [2.24, 2.45) is 5.10 Å². The highest BCUT2D eigenvalue weighted by Crippen LogP contribution is 2.26. The molecule has 8 heteroatoms. The number of halogens is 1. The van der Waals surface area contributed by atoms with E-state index in [2.05, 4.69) is 15.5 Å². The highest BCUT2D eigenvalue weighted by atomic mass is 35.5. The fourth-order valence-electron chi connectivity index (χ4n) is 3.05. The Hall–Kier alpha value is -3.58. The second-order valence-electron chi connectivity index (χ2n) is 6.24. The zero-order valence-electron chi connectivity index (χ0n) is 15.5. The lowest BCUT2D eigenvalue weighted by molar-refractivity contribution is 0.0697. The standard InChI is InChI=1S/C21H17ClN4O3/c1-2-26-18-6-4-3-5-17(18)24-21(26)25-23-12-14-8-10-19(29-14)13-7-9-16(22)15(11-13)20(27)28/h3-12H,2H2,1H3,(H,24,25)(H,27,28)/b23-12-. The third-order valence-electron chi connectivity index (χ3n) is 4.44. The molecule has 0 atom stereocenters. The lowest BCUT2D eigenvalue weighted by atomic mass is 10.1. The molecular weight excluding hydrogens is 392 g/mol. The van der Waals surface area contributed by atoms with Crippen LogP contribution in [0, 0.1) is 0 Å². The van der Waals surface area contributed by atoms with Crippen LogP contribution in [0.5, 0.6) is 0 Å². The maximum Gasteiger partial charge on any atom is 0.337 e. The molecule has 2 heterocycles. The van der Waals surface area contributed by atoms with Crippen molar-refractivity contribution >= 4 is 40.8 Å². The summed E-state index contributed by atoms with van der Waals surface area (Å²) in [5.41, 5.74) is 5.52. The predicted octanol–water partition coefficient (Wildman–Crippen LogP) is 5.11. The molecule has 0 aliphatic heterocycles. The third-order valence-corrected chi connectivity index (χ3v) is 4.76. The van der Waals surface area contributed by atoms with Gasteiger partial charge in [-0.05, 0) is 49.4 Å². The van der Waals surface area contributed by atoms with Crippen LogP contribution in [0.1, 0.15) is 23.0 Å². The van der Waals surface area contributed by atoms with Crippen molar-refractivity contribution in [3.8, 4) is 11.3 Å². The SMILES string of the molecule is CCn1c(N/N=C\c2ccc(-c3ccc(Cl)c(C(=O)O)c3)o2)nc2ccccc21. The Morgan fingerprint density at radius 2 is 2.10 bits per heavy atom. The lowest BCUT2D eigenvalue weighted by Crippen LogP contribution is -2.01. The topological polar surface area (TPSA) is 92.7 Å². The molecule has 0 spiro atoms. The van der Waals surface area contributed by atoms with Crippen molar-refractivity contribution in [2.45, 2.75) is 13.5 Å². The van der Waals surface area contributed by atoms with Crippen LogP contribution in [0.2, 0.25) is 5.02 Å². The number of nitrogens with zero attached hydrogens (tertiary/aromatic N) is 3. The molecule has 2 N–H and O–H groups in total. The van der Waals surface area contributed by atoms with Gasteiger partial charge in [0.25, 0.3) is 0 Å². The van der Waals surface area contributed by atoms with Gasteiger partial charge in [-0.25, -0.2) is 15.2 Å². The van der Waals surface area contributed by atoms with E-state index in [1.165, 1.54) is 18.3 Å². The van der Waals surface area contributed by atoms with Gasteiger partial charge in [-0.3, -0.25) is 0 Å². The highest BCUT2D eigenvalue weighted by molar-refractivity contribution is 6.33. The molecule has 0 aliphatic carbocycles. The smallest absolute Gasteiger partial charge is 0.337 e. The third kappa shape index (κ3) is 3.72. The maximum absolute atomic E-state index is 11.3. The summed E-state index contributed by atoms with van der Waals surface area (Å²) in [6.07, 6.45) is 1.54. The predicted molar refractivity (Wildman–Crippen MR) is 113 cm³/mol. The quantitative estimate of drug-likeness (QED) is 0.341. The van der Waals surface area contributed by atoms with Crippen LogP contribution in [0.25, 0.3) is 22.4 Å². The zero-order valence-corrected chi connectivity index (χ0v) is 16.2. The number of carboxylic acid groups (broad SMARTS) is 1. The molecule has 0 aliphatic rings. The van der Waals surface area contributed by atoms with Crippen LogP contribution < -0.4 is 5.43 Å². The fourth-order valence-corrected chi connectivity index (χ4v) is 3.25. The van der Waals surface area contributed by atoms with E-state index in [-0.39, 0.29) is 10.6 Å². The van der Waals surface area contributed by atoms with Crippen molar-refractivity contribution in [2.75, 3.05) is 5.43 Å². The van der Waals surface area contributed by atoms with Crippen LogP contribution in [0.15, 0.2) is 64.1 Å². The van der Waals surface area contributed by atoms with Gasteiger partial charge in [0.15, 0.2) is 0 Å². The van der Waals surface area contributed by atoms with Gasteiger partial charge in [0, 0.05) is 12.1 Å².